The number of halogens is 1. The molecule has 2 rings (SSSR count). The minimum atomic E-state index is 0. The third kappa shape index (κ3) is 6.17. The first-order valence-electron chi connectivity index (χ1n) is 4.67. The van der Waals surface area contributed by atoms with Crippen molar-refractivity contribution in [2.24, 2.45) is 0 Å². The smallest absolute Gasteiger partial charge is 0.115 e. The highest BCUT2D eigenvalue weighted by atomic mass is 35.5. The molecule has 0 aromatic heterocycles. The molecule has 92 valence electrons. The topological polar surface area (TPSA) is 92.5 Å². The van der Waals surface area contributed by atoms with Gasteiger partial charge in [0.05, 0.1) is 0 Å². The second-order valence-electron chi connectivity index (χ2n) is 3.18. The molecule has 0 bridgehead atoms. The normalized spacial score (nSPS) is 8.47. The van der Waals surface area contributed by atoms with Crippen molar-refractivity contribution in [3.8, 4) is 11.5 Å². The van der Waals surface area contributed by atoms with Crippen LogP contribution in [0.15, 0.2) is 48.5 Å². The lowest BCUT2D eigenvalue weighted by Gasteiger charge is -1.89. The van der Waals surface area contributed by atoms with Crippen LogP contribution >= 0.6 is 12.4 Å². The third-order valence-corrected chi connectivity index (χ3v) is 1.79. The van der Waals surface area contributed by atoms with Gasteiger partial charge in [0, 0.05) is 11.4 Å². The number of phenolic OH excluding ortho intramolecular Hbond substituents is 2. The first kappa shape index (κ1) is 14.9. The molecule has 6 N–H and O–H groups in total. The molecule has 0 amide bonds. The maximum absolute atomic E-state index is 8.70. The highest BCUT2D eigenvalue weighted by Crippen LogP contribution is 2.10. The van der Waals surface area contributed by atoms with Gasteiger partial charge >= 0.3 is 0 Å². The van der Waals surface area contributed by atoms with Gasteiger partial charge in [-0.05, 0) is 48.5 Å². The van der Waals surface area contributed by atoms with E-state index in [-0.39, 0.29) is 23.9 Å². The Hall–Kier alpha value is -2.07. The van der Waals surface area contributed by atoms with Gasteiger partial charge in [0.15, 0.2) is 0 Å². The number of hydrogen-bond donors (Lipinski definition) is 4. The van der Waals surface area contributed by atoms with E-state index in [0.717, 1.165) is 0 Å². The van der Waals surface area contributed by atoms with E-state index in [4.69, 9.17) is 21.7 Å². The molecule has 0 heterocycles. The van der Waals surface area contributed by atoms with Crippen LogP contribution in [0.4, 0.5) is 11.4 Å². The Morgan fingerprint density at radius 3 is 1.00 bits per heavy atom. The quantitative estimate of drug-likeness (QED) is 0.429. The van der Waals surface area contributed by atoms with Crippen LogP contribution in [0.2, 0.25) is 0 Å². The molecule has 0 radical (unpaired) electrons. The third-order valence-electron chi connectivity index (χ3n) is 1.79. The number of rotatable bonds is 0. The lowest BCUT2D eigenvalue weighted by molar-refractivity contribution is 0.475. The molecule has 0 aliphatic carbocycles. The summed E-state index contributed by atoms with van der Waals surface area (Å²) in [4.78, 5) is 0. The first-order valence-corrected chi connectivity index (χ1v) is 4.67. The van der Waals surface area contributed by atoms with Gasteiger partial charge in [-0.25, -0.2) is 0 Å². The molecule has 0 aliphatic rings. The molecule has 0 fully saturated rings. The maximum atomic E-state index is 8.70. The SMILES string of the molecule is Cl.Nc1ccc(O)cc1.Nc1ccc(O)cc1. The summed E-state index contributed by atoms with van der Waals surface area (Å²) >= 11 is 0. The van der Waals surface area contributed by atoms with Gasteiger partial charge in [0.2, 0.25) is 0 Å². The van der Waals surface area contributed by atoms with Crippen molar-refractivity contribution in [3.63, 3.8) is 0 Å². The van der Waals surface area contributed by atoms with Crippen LogP contribution in [0, 0.1) is 0 Å². The summed E-state index contributed by atoms with van der Waals surface area (Å²) in [6, 6.07) is 12.8. The summed E-state index contributed by atoms with van der Waals surface area (Å²) < 4.78 is 0. The Morgan fingerprint density at radius 1 is 0.588 bits per heavy atom. The summed E-state index contributed by atoms with van der Waals surface area (Å²) in [5.74, 6) is 0.499. The van der Waals surface area contributed by atoms with Crippen molar-refractivity contribution in [2.45, 2.75) is 0 Å². The zero-order valence-corrected chi connectivity index (χ0v) is 9.89. The minimum Gasteiger partial charge on any atom is -0.508 e. The average Bonchev–Trinajstić information content (AvgIpc) is 2.28. The van der Waals surface area contributed by atoms with E-state index in [0.29, 0.717) is 11.4 Å². The zero-order valence-electron chi connectivity index (χ0n) is 9.08. The predicted octanol–water partition coefficient (Wildman–Crippen LogP) is 2.37. The number of nitrogens with two attached hydrogens (primary N) is 2. The highest BCUT2D eigenvalue weighted by molar-refractivity contribution is 5.85. The van der Waals surface area contributed by atoms with Crippen molar-refractivity contribution in [1.82, 2.24) is 0 Å². The number of hydrogen-bond acceptors (Lipinski definition) is 4. The second kappa shape index (κ2) is 7.24. The van der Waals surface area contributed by atoms with Crippen LogP contribution in [-0.4, -0.2) is 10.2 Å². The number of phenols is 2. The monoisotopic (exact) mass is 254 g/mol. The summed E-state index contributed by atoms with van der Waals surface area (Å²) in [7, 11) is 0. The molecule has 17 heavy (non-hydrogen) atoms. The van der Waals surface area contributed by atoms with Crippen molar-refractivity contribution in [2.75, 3.05) is 11.5 Å². The van der Waals surface area contributed by atoms with Gasteiger partial charge in [0.1, 0.15) is 11.5 Å². The fraction of sp³-hybridized carbons (Fsp3) is 0. The molecule has 0 unspecified atom stereocenters. The maximum Gasteiger partial charge on any atom is 0.115 e. The zero-order chi connectivity index (χ0) is 12.0. The fourth-order valence-corrected chi connectivity index (χ4v) is 0.949. The molecule has 0 atom stereocenters. The molecule has 2 aromatic rings. The van der Waals surface area contributed by atoms with Crippen LogP contribution in [0.1, 0.15) is 0 Å². The lowest BCUT2D eigenvalue weighted by atomic mass is 10.3. The largest absolute Gasteiger partial charge is 0.508 e. The van der Waals surface area contributed by atoms with E-state index in [9.17, 15) is 0 Å². The number of nitrogen functional groups attached to an aromatic ring is 2. The van der Waals surface area contributed by atoms with Crippen LogP contribution in [0.5, 0.6) is 11.5 Å². The van der Waals surface area contributed by atoms with E-state index in [1.54, 1.807) is 48.5 Å². The van der Waals surface area contributed by atoms with Gasteiger partial charge in [-0.2, -0.15) is 0 Å². The molecule has 2 aromatic carbocycles. The summed E-state index contributed by atoms with van der Waals surface area (Å²) in [5, 5.41) is 17.4. The first-order chi connectivity index (χ1) is 7.58. The summed E-state index contributed by atoms with van der Waals surface area (Å²) in [6.07, 6.45) is 0. The average molecular weight is 255 g/mol. The predicted molar refractivity (Wildman–Crippen MR) is 72.3 cm³/mol. The van der Waals surface area contributed by atoms with Crippen molar-refractivity contribution in [3.05, 3.63) is 48.5 Å². The van der Waals surface area contributed by atoms with E-state index in [1.165, 1.54) is 0 Å². The second-order valence-corrected chi connectivity index (χ2v) is 3.18. The molecule has 0 saturated carbocycles. The van der Waals surface area contributed by atoms with Crippen LogP contribution in [0.3, 0.4) is 0 Å². The number of aromatic hydroxyl groups is 2. The molecule has 0 aliphatic heterocycles. The fourth-order valence-electron chi connectivity index (χ4n) is 0.949. The van der Waals surface area contributed by atoms with Crippen LogP contribution in [0.25, 0.3) is 0 Å². The van der Waals surface area contributed by atoms with Crippen molar-refractivity contribution in [1.29, 1.82) is 0 Å². The number of benzene rings is 2. The van der Waals surface area contributed by atoms with Gasteiger partial charge in [-0.1, -0.05) is 0 Å². The Balaban J connectivity index is 0.000000284. The van der Waals surface area contributed by atoms with E-state index in [1.807, 2.05) is 0 Å². The van der Waals surface area contributed by atoms with E-state index < -0.39 is 0 Å². The van der Waals surface area contributed by atoms with E-state index in [2.05, 4.69) is 0 Å². The molecular weight excluding hydrogens is 240 g/mol. The van der Waals surface area contributed by atoms with E-state index >= 15 is 0 Å². The standard InChI is InChI=1S/2C6H7NO.ClH/c2*7-5-1-3-6(8)4-2-5;/h2*1-4,8H,7H2;1H. The van der Waals surface area contributed by atoms with Crippen molar-refractivity contribution >= 4 is 23.8 Å². The van der Waals surface area contributed by atoms with Crippen LogP contribution < -0.4 is 11.5 Å². The summed E-state index contributed by atoms with van der Waals surface area (Å²) in [6.45, 7) is 0. The highest BCUT2D eigenvalue weighted by Gasteiger charge is 1.83. The van der Waals surface area contributed by atoms with Gasteiger partial charge in [-0.3, -0.25) is 0 Å². The molecule has 0 saturated heterocycles. The van der Waals surface area contributed by atoms with Crippen molar-refractivity contribution < 1.29 is 10.2 Å². The Bertz CT molecular complexity index is 344. The molecule has 4 nitrogen and oxygen atoms in total. The molecule has 5 heteroatoms. The van der Waals surface area contributed by atoms with Gasteiger partial charge < -0.3 is 21.7 Å². The molecule has 0 spiro atoms. The lowest BCUT2D eigenvalue weighted by Crippen LogP contribution is -1.80. The number of anilines is 2. The Labute approximate surface area is 106 Å². The van der Waals surface area contributed by atoms with Gasteiger partial charge in [-0.15, -0.1) is 12.4 Å². The van der Waals surface area contributed by atoms with Crippen LogP contribution in [-0.2, 0) is 0 Å². The Kier molecular flexibility index (Phi) is 6.36. The summed E-state index contributed by atoms with van der Waals surface area (Å²) in [5.41, 5.74) is 12.0. The molecular formula is C12H15ClN2O2. The van der Waals surface area contributed by atoms with Gasteiger partial charge in [0.25, 0.3) is 0 Å². The minimum absolute atomic E-state index is 0. The Morgan fingerprint density at radius 2 is 0.824 bits per heavy atom.